The first-order chi connectivity index (χ1) is 15.8. The van der Waals surface area contributed by atoms with Crippen LogP contribution in [0.5, 0.6) is 5.75 Å². The predicted octanol–water partition coefficient (Wildman–Crippen LogP) is 3.87. The first-order valence-corrected chi connectivity index (χ1v) is 11.6. The van der Waals surface area contributed by atoms with E-state index in [0.29, 0.717) is 35.9 Å². The fraction of sp³-hybridized carbons (Fsp3) is 0.583. The van der Waals surface area contributed by atoms with E-state index in [9.17, 15) is 14.7 Å². The number of benzene rings is 1. The van der Waals surface area contributed by atoms with Crippen LogP contribution in [0.4, 0.5) is 4.79 Å². The van der Waals surface area contributed by atoms with Crippen LogP contribution in [0.3, 0.4) is 0 Å². The van der Waals surface area contributed by atoms with Crippen LogP contribution in [-0.4, -0.2) is 56.3 Å². The zero-order valence-corrected chi connectivity index (χ0v) is 19.4. The lowest BCUT2D eigenvalue weighted by Gasteiger charge is -2.27. The molecule has 0 unspecified atom stereocenters. The number of aryl methyl sites for hydroxylation is 1. The summed E-state index contributed by atoms with van der Waals surface area (Å²) in [6.07, 6.45) is 4.85. The first kappa shape index (κ1) is 23.1. The maximum absolute atomic E-state index is 12.5. The van der Waals surface area contributed by atoms with Gasteiger partial charge in [-0.2, -0.15) is 0 Å². The van der Waals surface area contributed by atoms with Crippen molar-refractivity contribution in [3.05, 3.63) is 30.0 Å². The van der Waals surface area contributed by atoms with E-state index in [1.807, 2.05) is 24.3 Å². The molecule has 1 amide bonds. The van der Waals surface area contributed by atoms with Gasteiger partial charge in [-0.15, -0.1) is 5.10 Å². The Kier molecular flexibility index (Phi) is 6.85. The minimum Gasteiger partial charge on any atom is -0.490 e. The number of carbonyl (C=O) groups excluding carboxylic acids is 1. The second-order valence-electron chi connectivity index (χ2n) is 9.22. The van der Waals surface area contributed by atoms with Crippen molar-refractivity contribution in [2.75, 3.05) is 7.05 Å². The minimum atomic E-state index is -0.747. The molecule has 2 fully saturated rings. The van der Waals surface area contributed by atoms with Gasteiger partial charge < -0.3 is 19.5 Å². The topological polar surface area (TPSA) is 107 Å². The summed E-state index contributed by atoms with van der Waals surface area (Å²) in [4.78, 5) is 25.4. The molecule has 0 radical (unpaired) electrons. The van der Waals surface area contributed by atoms with Gasteiger partial charge in [0.25, 0.3) is 0 Å². The molecule has 2 aliphatic rings. The Labute approximate surface area is 193 Å². The summed E-state index contributed by atoms with van der Waals surface area (Å²) in [6.45, 7) is 2.13. The number of nitrogens with zero attached hydrogens (tertiary/aromatic N) is 4. The molecule has 178 valence electrons. The molecule has 2 saturated carbocycles. The fourth-order valence-electron chi connectivity index (χ4n) is 4.42. The van der Waals surface area contributed by atoms with E-state index >= 15 is 0 Å². The molecule has 0 bridgehead atoms. The zero-order chi connectivity index (χ0) is 23.5. The second-order valence-corrected chi connectivity index (χ2v) is 9.22. The average Bonchev–Trinajstić information content (AvgIpc) is 3.60. The molecule has 0 spiro atoms. The summed E-state index contributed by atoms with van der Waals surface area (Å²) in [6, 6.07) is 7.67. The summed E-state index contributed by atoms with van der Waals surface area (Å²) in [5.41, 5.74) is 2.20. The van der Waals surface area contributed by atoms with Gasteiger partial charge in [-0.3, -0.25) is 4.79 Å². The molecule has 9 nitrogen and oxygen atoms in total. The summed E-state index contributed by atoms with van der Waals surface area (Å²) < 4.78 is 13.2. The standard InChI is InChI=1S/C24H32N4O5/c1-15(16-7-8-16)27(2)24(31)32-14-21-22(25-26-28(21)3)17-9-11-19(12-10-17)33-20-6-4-5-18(13-20)23(29)30/h9-12,15-16,18,20H,4-8,13-14H2,1-3H3,(H,29,30)/t15-,18-,20-/m0/s1. The van der Waals surface area contributed by atoms with Gasteiger partial charge in [-0.05, 0) is 75.6 Å². The Hall–Kier alpha value is -3.10. The Morgan fingerprint density at radius 1 is 1.21 bits per heavy atom. The second kappa shape index (κ2) is 9.80. The van der Waals surface area contributed by atoms with Crippen LogP contribution in [0.15, 0.2) is 24.3 Å². The SMILES string of the molecule is C[C@@H](C1CC1)N(C)C(=O)OCc1c(-c2ccc(O[C@H]3CCC[C@H](C(=O)O)C3)cc2)nnn1C. The van der Waals surface area contributed by atoms with Gasteiger partial charge >= 0.3 is 12.1 Å². The van der Waals surface area contributed by atoms with Crippen molar-refractivity contribution in [2.45, 2.75) is 64.2 Å². The molecule has 2 aromatic rings. The van der Waals surface area contributed by atoms with E-state index in [0.717, 1.165) is 31.2 Å². The maximum atomic E-state index is 12.5. The largest absolute Gasteiger partial charge is 0.490 e. The number of carbonyl (C=O) groups is 2. The van der Waals surface area contributed by atoms with Crippen LogP contribution in [0.25, 0.3) is 11.3 Å². The molecule has 33 heavy (non-hydrogen) atoms. The number of hydrogen-bond acceptors (Lipinski definition) is 6. The molecule has 0 aliphatic heterocycles. The van der Waals surface area contributed by atoms with Crippen LogP contribution < -0.4 is 4.74 Å². The third-order valence-corrected chi connectivity index (χ3v) is 6.88. The van der Waals surface area contributed by atoms with Crippen LogP contribution in [-0.2, 0) is 23.2 Å². The van der Waals surface area contributed by atoms with Gasteiger partial charge in [0, 0.05) is 25.7 Å². The van der Waals surface area contributed by atoms with Crippen LogP contribution in [0, 0.1) is 11.8 Å². The van der Waals surface area contributed by atoms with Gasteiger partial charge in [0.15, 0.2) is 0 Å². The molecule has 1 aromatic carbocycles. The predicted molar refractivity (Wildman–Crippen MR) is 121 cm³/mol. The Morgan fingerprint density at radius 2 is 1.94 bits per heavy atom. The molecule has 0 saturated heterocycles. The number of aromatic nitrogens is 3. The van der Waals surface area contributed by atoms with E-state index in [4.69, 9.17) is 9.47 Å². The summed E-state index contributed by atoms with van der Waals surface area (Å²) in [7, 11) is 3.55. The van der Waals surface area contributed by atoms with Crippen molar-refractivity contribution in [3.63, 3.8) is 0 Å². The quantitative estimate of drug-likeness (QED) is 0.642. The Morgan fingerprint density at radius 3 is 2.61 bits per heavy atom. The molecule has 9 heteroatoms. The summed E-state index contributed by atoms with van der Waals surface area (Å²) >= 11 is 0. The molecule has 1 N–H and O–H groups in total. The molecular weight excluding hydrogens is 424 g/mol. The average molecular weight is 457 g/mol. The number of carboxylic acid groups (broad SMARTS) is 1. The Balaban J connectivity index is 1.38. The third-order valence-electron chi connectivity index (χ3n) is 6.88. The van der Waals surface area contributed by atoms with Crippen LogP contribution in [0.2, 0.25) is 0 Å². The summed E-state index contributed by atoms with van der Waals surface area (Å²) in [5, 5.41) is 17.6. The fourth-order valence-corrected chi connectivity index (χ4v) is 4.42. The maximum Gasteiger partial charge on any atom is 0.410 e. The minimum absolute atomic E-state index is 0.0797. The zero-order valence-electron chi connectivity index (χ0n) is 19.4. The number of rotatable bonds is 8. The molecule has 1 aromatic heterocycles. The van der Waals surface area contributed by atoms with Crippen molar-refractivity contribution in [2.24, 2.45) is 18.9 Å². The van der Waals surface area contributed by atoms with E-state index in [1.165, 1.54) is 0 Å². The molecule has 1 heterocycles. The number of aliphatic carboxylic acids is 1. The lowest BCUT2D eigenvalue weighted by molar-refractivity contribution is -0.143. The number of ether oxygens (including phenoxy) is 2. The summed E-state index contributed by atoms with van der Waals surface area (Å²) in [5.74, 6) is 0.185. The van der Waals surface area contributed by atoms with Crippen molar-refractivity contribution in [1.29, 1.82) is 0 Å². The van der Waals surface area contributed by atoms with Crippen LogP contribution in [0.1, 0.15) is 51.1 Å². The lowest BCUT2D eigenvalue weighted by atomic mass is 9.87. The lowest BCUT2D eigenvalue weighted by Crippen LogP contribution is -2.36. The molecule has 3 atom stereocenters. The van der Waals surface area contributed by atoms with Gasteiger partial charge in [0.2, 0.25) is 0 Å². The van der Waals surface area contributed by atoms with Crippen molar-refractivity contribution in [1.82, 2.24) is 19.9 Å². The van der Waals surface area contributed by atoms with Gasteiger partial charge in [0.05, 0.1) is 12.0 Å². The number of hydrogen-bond donors (Lipinski definition) is 1. The molecule has 2 aliphatic carbocycles. The highest BCUT2D eigenvalue weighted by molar-refractivity contribution is 5.70. The molecule has 4 rings (SSSR count). The number of amides is 1. The monoisotopic (exact) mass is 456 g/mol. The first-order valence-electron chi connectivity index (χ1n) is 11.6. The number of carboxylic acids is 1. The highest BCUT2D eigenvalue weighted by atomic mass is 16.6. The Bertz CT molecular complexity index is 985. The highest BCUT2D eigenvalue weighted by Gasteiger charge is 2.33. The van der Waals surface area contributed by atoms with Crippen molar-refractivity contribution < 1.29 is 24.2 Å². The molecular formula is C24H32N4O5. The van der Waals surface area contributed by atoms with Crippen LogP contribution >= 0.6 is 0 Å². The third kappa shape index (κ3) is 5.46. The van der Waals surface area contributed by atoms with Crippen molar-refractivity contribution in [3.8, 4) is 17.0 Å². The highest BCUT2D eigenvalue weighted by Crippen LogP contribution is 2.35. The van der Waals surface area contributed by atoms with E-state index in [1.54, 1.807) is 23.7 Å². The smallest absolute Gasteiger partial charge is 0.410 e. The van der Waals surface area contributed by atoms with Crippen molar-refractivity contribution >= 4 is 12.1 Å². The normalized spacial score (nSPS) is 21.3. The van der Waals surface area contributed by atoms with Gasteiger partial charge in [-0.1, -0.05) is 5.21 Å². The van der Waals surface area contributed by atoms with E-state index in [2.05, 4.69) is 17.2 Å². The van der Waals surface area contributed by atoms with Gasteiger partial charge in [-0.25, -0.2) is 9.48 Å². The van der Waals surface area contributed by atoms with E-state index in [-0.39, 0.29) is 30.8 Å². The van der Waals surface area contributed by atoms with Gasteiger partial charge in [0.1, 0.15) is 23.7 Å². The van der Waals surface area contributed by atoms with E-state index < -0.39 is 5.97 Å².